The molecule has 1 aliphatic rings. The standard InChI is InChI=1S/C18H15BrFNO2/c1-18(2,3)10-8-13(19)15(14(20)9-10)21-16(22)11-6-4-5-7-12(11)17(21)23/h4-9H,1-3H3. The van der Waals surface area contributed by atoms with E-state index in [2.05, 4.69) is 15.9 Å². The third-order valence-corrected chi connectivity index (χ3v) is 4.51. The lowest BCUT2D eigenvalue weighted by atomic mass is 9.87. The van der Waals surface area contributed by atoms with Gasteiger partial charge in [-0.1, -0.05) is 32.9 Å². The molecule has 0 spiro atoms. The summed E-state index contributed by atoms with van der Waals surface area (Å²) in [6.45, 7) is 5.90. The van der Waals surface area contributed by atoms with Gasteiger partial charge in [-0.2, -0.15) is 0 Å². The summed E-state index contributed by atoms with van der Waals surface area (Å²) in [7, 11) is 0. The zero-order valence-corrected chi connectivity index (χ0v) is 14.6. The summed E-state index contributed by atoms with van der Waals surface area (Å²) in [6, 6.07) is 9.64. The Bertz CT molecular complexity index is 781. The number of nitrogens with zero attached hydrogens (tertiary/aromatic N) is 1. The number of carbonyl (C=O) groups is 2. The zero-order chi connectivity index (χ0) is 16.9. The summed E-state index contributed by atoms with van der Waals surface area (Å²) in [5, 5.41) is 0. The van der Waals surface area contributed by atoms with Gasteiger partial charge >= 0.3 is 0 Å². The average Bonchev–Trinajstić information content (AvgIpc) is 2.71. The Morgan fingerprint density at radius 2 is 1.52 bits per heavy atom. The molecule has 2 aromatic carbocycles. The van der Waals surface area contributed by atoms with E-state index in [9.17, 15) is 14.0 Å². The minimum absolute atomic E-state index is 0.0378. The third kappa shape index (κ3) is 2.49. The fourth-order valence-electron chi connectivity index (χ4n) is 2.60. The number of carbonyl (C=O) groups excluding carboxylic acids is 2. The van der Waals surface area contributed by atoms with E-state index in [0.29, 0.717) is 15.6 Å². The van der Waals surface area contributed by atoms with E-state index in [1.165, 1.54) is 6.07 Å². The Morgan fingerprint density at radius 3 is 1.96 bits per heavy atom. The predicted octanol–water partition coefficient (Wildman–Crippen LogP) is 4.69. The number of hydrogen-bond donors (Lipinski definition) is 0. The van der Waals surface area contributed by atoms with Crippen molar-refractivity contribution in [1.82, 2.24) is 0 Å². The van der Waals surface area contributed by atoms with Gasteiger partial charge in [-0.3, -0.25) is 9.59 Å². The molecule has 3 rings (SSSR count). The minimum Gasteiger partial charge on any atom is -0.268 e. The molecule has 5 heteroatoms. The number of anilines is 1. The van der Waals surface area contributed by atoms with Gasteiger partial charge in [-0.15, -0.1) is 0 Å². The van der Waals surface area contributed by atoms with Crippen LogP contribution in [0.5, 0.6) is 0 Å². The van der Waals surface area contributed by atoms with Gasteiger partial charge in [0.05, 0.1) is 11.1 Å². The maximum Gasteiger partial charge on any atom is 0.266 e. The van der Waals surface area contributed by atoms with Crippen molar-refractivity contribution >= 4 is 33.4 Å². The lowest BCUT2D eigenvalue weighted by Crippen LogP contribution is -2.31. The first-order valence-electron chi connectivity index (χ1n) is 7.19. The molecular formula is C18H15BrFNO2. The fraction of sp³-hybridized carbons (Fsp3) is 0.222. The van der Waals surface area contributed by atoms with Gasteiger partial charge in [0.25, 0.3) is 11.8 Å². The number of benzene rings is 2. The van der Waals surface area contributed by atoms with Crippen molar-refractivity contribution in [2.24, 2.45) is 0 Å². The van der Waals surface area contributed by atoms with Gasteiger partial charge in [-0.05, 0) is 51.2 Å². The number of imide groups is 1. The summed E-state index contributed by atoms with van der Waals surface area (Å²) in [5.74, 6) is -1.61. The molecule has 1 aliphatic heterocycles. The van der Waals surface area contributed by atoms with Gasteiger partial charge in [0, 0.05) is 4.47 Å². The Hall–Kier alpha value is -2.01. The molecule has 23 heavy (non-hydrogen) atoms. The first-order chi connectivity index (χ1) is 10.7. The lowest BCUT2D eigenvalue weighted by Gasteiger charge is -2.23. The van der Waals surface area contributed by atoms with Crippen LogP contribution in [0.15, 0.2) is 40.9 Å². The second-order valence-electron chi connectivity index (χ2n) is 6.53. The van der Waals surface area contributed by atoms with E-state index in [-0.39, 0.29) is 11.1 Å². The highest BCUT2D eigenvalue weighted by atomic mass is 79.9. The maximum atomic E-state index is 14.7. The van der Waals surface area contributed by atoms with E-state index < -0.39 is 17.6 Å². The van der Waals surface area contributed by atoms with E-state index in [0.717, 1.165) is 10.5 Å². The van der Waals surface area contributed by atoms with E-state index in [1.807, 2.05) is 20.8 Å². The van der Waals surface area contributed by atoms with E-state index in [4.69, 9.17) is 0 Å². The van der Waals surface area contributed by atoms with Crippen LogP contribution < -0.4 is 4.90 Å². The van der Waals surface area contributed by atoms with E-state index in [1.54, 1.807) is 30.3 Å². The van der Waals surface area contributed by atoms with Crippen molar-refractivity contribution < 1.29 is 14.0 Å². The second-order valence-corrected chi connectivity index (χ2v) is 7.38. The van der Waals surface area contributed by atoms with Crippen LogP contribution in [0.4, 0.5) is 10.1 Å². The summed E-state index contributed by atoms with van der Waals surface area (Å²) >= 11 is 3.31. The number of rotatable bonds is 1. The predicted molar refractivity (Wildman–Crippen MR) is 90.4 cm³/mol. The molecule has 0 aromatic heterocycles. The molecule has 2 amide bonds. The second kappa shape index (κ2) is 5.27. The van der Waals surface area contributed by atoms with Crippen LogP contribution in [0, 0.1) is 5.82 Å². The van der Waals surface area contributed by atoms with Crippen LogP contribution in [0.1, 0.15) is 47.1 Å². The molecule has 0 saturated carbocycles. The average molecular weight is 376 g/mol. The highest BCUT2D eigenvalue weighted by Crippen LogP contribution is 2.38. The SMILES string of the molecule is CC(C)(C)c1cc(F)c(N2C(=O)c3ccccc3C2=O)c(Br)c1. The van der Waals surface area contributed by atoms with Crippen LogP contribution in [0.3, 0.4) is 0 Å². The molecule has 0 N–H and O–H groups in total. The van der Waals surface area contributed by atoms with Crippen molar-refractivity contribution in [3.63, 3.8) is 0 Å². The summed E-state index contributed by atoms with van der Waals surface area (Å²) < 4.78 is 15.1. The smallest absolute Gasteiger partial charge is 0.266 e. The maximum absolute atomic E-state index is 14.7. The van der Waals surface area contributed by atoms with Crippen molar-refractivity contribution in [3.8, 4) is 0 Å². The molecule has 2 aromatic rings. The van der Waals surface area contributed by atoms with Crippen molar-refractivity contribution in [2.75, 3.05) is 4.90 Å². The third-order valence-electron chi connectivity index (χ3n) is 3.90. The number of hydrogen-bond acceptors (Lipinski definition) is 2. The molecule has 118 valence electrons. The summed E-state index contributed by atoms with van der Waals surface area (Å²) in [6.07, 6.45) is 0. The molecule has 0 fully saturated rings. The molecule has 3 nitrogen and oxygen atoms in total. The Kier molecular flexibility index (Phi) is 3.64. The molecular weight excluding hydrogens is 361 g/mol. The normalized spacial score (nSPS) is 14.4. The summed E-state index contributed by atoms with van der Waals surface area (Å²) in [4.78, 5) is 25.9. The molecule has 0 atom stereocenters. The number of fused-ring (bicyclic) bond motifs is 1. The van der Waals surface area contributed by atoms with E-state index >= 15 is 0 Å². The Labute approximate surface area is 142 Å². The Morgan fingerprint density at radius 1 is 1.00 bits per heavy atom. The lowest BCUT2D eigenvalue weighted by molar-refractivity contribution is 0.0924. The first-order valence-corrected chi connectivity index (χ1v) is 7.98. The van der Waals surface area contributed by atoms with Gasteiger partial charge in [0.1, 0.15) is 11.5 Å². The fourth-order valence-corrected chi connectivity index (χ4v) is 3.22. The van der Waals surface area contributed by atoms with Gasteiger partial charge in [0.15, 0.2) is 0 Å². The van der Waals surface area contributed by atoms with Gasteiger partial charge < -0.3 is 0 Å². The molecule has 0 unspecified atom stereocenters. The van der Waals surface area contributed by atoms with Gasteiger partial charge in [-0.25, -0.2) is 9.29 Å². The molecule has 0 radical (unpaired) electrons. The quantitative estimate of drug-likeness (QED) is 0.678. The topological polar surface area (TPSA) is 37.4 Å². The van der Waals surface area contributed by atoms with Crippen LogP contribution in [0.2, 0.25) is 0 Å². The monoisotopic (exact) mass is 375 g/mol. The van der Waals surface area contributed by atoms with Crippen LogP contribution in [-0.2, 0) is 5.41 Å². The van der Waals surface area contributed by atoms with Crippen LogP contribution in [0.25, 0.3) is 0 Å². The Balaban J connectivity index is 2.15. The molecule has 0 saturated heterocycles. The molecule has 0 aliphatic carbocycles. The molecule has 1 heterocycles. The van der Waals surface area contributed by atoms with Crippen LogP contribution in [-0.4, -0.2) is 11.8 Å². The number of halogens is 2. The highest BCUT2D eigenvalue weighted by molar-refractivity contribution is 9.10. The highest BCUT2D eigenvalue weighted by Gasteiger charge is 2.39. The molecule has 0 bridgehead atoms. The largest absolute Gasteiger partial charge is 0.268 e. The van der Waals surface area contributed by atoms with Crippen molar-refractivity contribution in [1.29, 1.82) is 0 Å². The number of amides is 2. The van der Waals surface area contributed by atoms with Crippen LogP contribution >= 0.6 is 15.9 Å². The van der Waals surface area contributed by atoms with Crippen molar-refractivity contribution in [3.05, 3.63) is 63.4 Å². The van der Waals surface area contributed by atoms with Crippen molar-refractivity contribution in [2.45, 2.75) is 26.2 Å². The zero-order valence-electron chi connectivity index (χ0n) is 13.0. The first kappa shape index (κ1) is 15.9. The minimum atomic E-state index is -0.598. The summed E-state index contributed by atoms with van der Waals surface area (Å²) in [5.41, 5.74) is 1.09. The van der Waals surface area contributed by atoms with Gasteiger partial charge in [0.2, 0.25) is 0 Å².